The molecule has 0 atom stereocenters. The van der Waals surface area contributed by atoms with Crippen LogP contribution < -0.4 is 10.2 Å². The lowest BCUT2D eigenvalue weighted by Gasteiger charge is -2.30. The number of para-hydroxylation sites is 2. The van der Waals surface area contributed by atoms with Crippen molar-refractivity contribution < 1.29 is 9.53 Å². The lowest BCUT2D eigenvalue weighted by atomic mass is 10.2. The summed E-state index contributed by atoms with van der Waals surface area (Å²) in [6.45, 7) is 3.12. The van der Waals surface area contributed by atoms with Crippen molar-refractivity contribution in [2.24, 2.45) is 0 Å². The molecule has 6 nitrogen and oxygen atoms in total. The highest BCUT2D eigenvalue weighted by molar-refractivity contribution is 5.95. The van der Waals surface area contributed by atoms with E-state index in [1.807, 2.05) is 24.3 Å². The first-order valence-electron chi connectivity index (χ1n) is 7.02. The average Bonchev–Trinajstić information content (AvgIpc) is 3.01. The van der Waals surface area contributed by atoms with Crippen molar-refractivity contribution in [3.63, 3.8) is 0 Å². The Balaban J connectivity index is 1.71. The van der Waals surface area contributed by atoms with Gasteiger partial charge < -0.3 is 19.9 Å². The third-order valence-corrected chi connectivity index (χ3v) is 3.44. The topological polar surface area (TPSA) is 70.2 Å². The maximum atomic E-state index is 12.1. The van der Waals surface area contributed by atoms with Gasteiger partial charge in [0, 0.05) is 25.0 Å². The number of amides is 1. The first kappa shape index (κ1) is 13.6. The molecule has 21 heavy (non-hydrogen) atoms. The Morgan fingerprint density at radius 1 is 1.33 bits per heavy atom. The van der Waals surface area contributed by atoms with Gasteiger partial charge in [0.1, 0.15) is 0 Å². The Morgan fingerprint density at radius 2 is 2.14 bits per heavy atom. The number of H-pyrrole nitrogens is 1. The number of benzene rings is 1. The van der Waals surface area contributed by atoms with Crippen molar-refractivity contribution in [3.05, 3.63) is 42.5 Å². The molecule has 1 fully saturated rings. The molecule has 0 bridgehead atoms. The summed E-state index contributed by atoms with van der Waals surface area (Å²) >= 11 is 0. The van der Waals surface area contributed by atoms with Gasteiger partial charge in [0.05, 0.1) is 37.3 Å². The number of aromatic amines is 1. The maximum absolute atomic E-state index is 12.1. The molecule has 0 spiro atoms. The highest BCUT2D eigenvalue weighted by Crippen LogP contribution is 2.26. The number of nitrogens with zero attached hydrogens (tertiary/aromatic N) is 2. The molecular weight excluding hydrogens is 268 g/mol. The number of carbonyl (C=O) groups excluding carboxylic acids is 1. The minimum atomic E-state index is -0.0556. The molecule has 3 rings (SSSR count). The largest absolute Gasteiger partial charge is 0.378 e. The van der Waals surface area contributed by atoms with Crippen molar-refractivity contribution in [1.29, 1.82) is 0 Å². The molecule has 2 N–H and O–H groups in total. The van der Waals surface area contributed by atoms with Crippen LogP contribution in [0.5, 0.6) is 0 Å². The second-order valence-corrected chi connectivity index (χ2v) is 4.92. The summed E-state index contributed by atoms with van der Waals surface area (Å²) in [7, 11) is 0. The van der Waals surface area contributed by atoms with Crippen LogP contribution in [0.4, 0.5) is 11.4 Å². The standard InChI is InChI=1S/C15H18N4O2/c20-15(9-12-10-16-11-17-12)18-13-3-1-2-4-14(13)19-5-7-21-8-6-19/h1-4,10-11H,5-9H2,(H,16,17)(H,18,20). The van der Waals surface area contributed by atoms with E-state index >= 15 is 0 Å². The number of hydrogen-bond acceptors (Lipinski definition) is 4. The minimum absolute atomic E-state index is 0.0556. The van der Waals surface area contributed by atoms with Crippen molar-refractivity contribution >= 4 is 17.3 Å². The lowest BCUT2D eigenvalue weighted by molar-refractivity contribution is -0.115. The van der Waals surface area contributed by atoms with Crippen LogP contribution in [0.1, 0.15) is 5.69 Å². The summed E-state index contributed by atoms with van der Waals surface area (Å²) in [6.07, 6.45) is 3.52. The fourth-order valence-electron chi connectivity index (χ4n) is 2.41. The van der Waals surface area contributed by atoms with Crippen LogP contribution in [0, 0.1) is 0 Å². The van der Waals surface area contributed by atoms with Gasteiger partial charge in [-0.2, -0.15) is 0 Å². The van der Waals surface area contributed by atoms with Gasteiger partial charge in [-0.25, -0.2) is 4.98 Å². The molecule has 6 heteroatoms. The second-order valence-electron chi connectivity index (χ2n) is 4.92. The highest BCUT2D eigenvalue weighted by Gasteiger charge is 2.15. The Hall–Kier alpha value is -2.34. The number of rotatable bonds is 4. The Kier molecular flexibility index (Phi) is 4.16. The summed E-state index contributed by atoms with van der Waals surface area (Å²) in [5.41, 5.74) is 2.68. The van der Waals surface area contributed by atoms with Crippen LogP contribution in [0.3, 0.4) is 0 Å². The molecule has 1 aliphatic rings. The maximum Gasteiger partial charge on any atom is 0.230 e. The van der Waals surface area contributed by atoms with Crippen molar-refractivity contribution in [2.45, 2.75) is 6.42 Å². The van der Waals surface area contributed by atoms with Crippen molar-refractivity contribution in [1.82, 2.24) is 9.97 Å². The van der Waals surface area contributed by atoms with Crippen molar-refractivity contribution in [3.8, 4) is 0 Å². The second kappa shape index (κ2) is 6.41. The van der Waals surface area contributed by atoms with E-state index in [-0.39, 0.29) is 12.3 Å². The number of anilines is 2. The quantitative estimate of drug-likeness (QED) is 0.892. The zero-order chi connectivity index (χ0) is 14.5. The number of nitrogens with one attached hydrogen (secondary N) is 2. The van der Waals surface area contributed by atoms with Crippen LogP contribution in [0.2, 0.25) is 0 Å². The van der Waals surface area contributed by atoms with Gasteiger partial charge in [0.25, 0.3) is 0 Å². The molecule has 110 valence electrons. The predicted molar refractivity (Wildman–Crippen MR) is 80.4 cm³/mol. The number of imidazole rings is 1. The average molecular weight is 286 g/mol. The summed E-state index contributed by atoms with van der Waals surface area (Å²) < 4.78 is 5.37. The van der Waals surface area contributed by atoms with Gasteiger partial charge in [-0.1, -0.05) is 12.1 Å². The van der Waals surface area contributed by atoms with Gasteiger partial charge in [-0.15, -0.1) is 0 Å². The summed E-state index contributed by atoms with van der Waals surface area (Å²) in [5.74, 6) is -0.0556. The molecule has 1 amide bonds. The number of hydrogen-bond donors (Lipinski definition) is 2. The molecule has 1 aromatic heterocycles. The molecule has 1 aromatic carbocycles. The van der Waals surface area contributed by atoms with E-state index in [2.05, 4.69) is 20.2 Å². The number of aromatic nitrogens is 2. The summed E-state index contributed by atoms with van der Waals surface area (Å²) in [6, 6.07) is 7.86. The Morgan fingerprint density at radius 3 is 2.90 bits per heavy atom. The Labute approximate surface area is 123 Å². The molecule has 0 radical (unpaired) electrons. The van der Waals surface area contributed by atoms with Crippen LogP contribution in [0.15, 0.2) is 36.8 Å². The molecule has 1 saturated heterocycles. The third-order valence-electron chi connectivity index (χ3n) is 3.44. The predicted octanol–water partition coefficient (Wildman–Crippen LogP) is 1.43. The van der Waals surface area contributed by atoms with Crippen LogP contribution in [0.25, 0.3) is 0 Å². The van der Waals surface area contributed by atoms with Crippen LogP contribution >= 0.6 is 0 Å². The number of ether oxygens (including phenoxy) is 1. The van der Waals surface area contributed by atoms with Crippen molar-refractivity contribution in [2.75, 3.05) is 36.5 Å². The summed E-state index contributed by atoms with van der Waals surface area (Å²) in [4.78, 5) is 21.2. The van der Waals surface area contributed by atoms with Crippen LogP contribution in [-0.2, 0) is 16.0 Å². The first-order valence-corrected chi connectivity index (χ1v) is 7.02. The van der Waals surface area contributed by atoms with Gasteiger partial charge in [0.2, 0.25) is 5.91 Å². The van der Waals surface area contributed by atoms with Gasteiger partial charge >= 0.3 is 0 Å². The third kappa shape index (κ3) is 3.41. The lowest BCUT2D eigenvalue weighted by Crippen LogP contribution is -2.36. The molecule has 0 unspecified atom stereocenters. The molecule has 0 saturated carbocycles. The minimum Gasteiger partial charge on any atom is -0.378 e. The van der Waals surface area contributed by atoms with Gasteiger partial charge in [-0.3, -0.25) is 4.79 Å². The molecule has 1 aliphatic heterocycles. The highest BCUT2D eigenvalue weighted by atomic mass is 16.5. The van der Waals surface area contributed by atoms with Crippen LogP contribution in [-0.4, -0.2) is 42.2 Å². The van der Waals surface area contributed by atoms with E-state index in [1.54, 1.807) is 12.5 Å². The van der Waals surface area contributed by atoms with E-state index in [0.717, 1.165) is 43.4 Å². The van der Waals surface area contributed by atoms with E-state index in [0.29, 0.717) is 0 Å². The molecule has 2 heterocycles. The van der Waals surface area contributed by atoms with Gasteiger partial charge in [0.15, 0.2) is 0 Å². The van der Waals surface area contributed by atoms with E-state index < -0.39 is 0 Å². The molecule has 0 aliphatic carbocycles. The fourth-order valence-corrected chi connectivity index (χ4v) is 2.41. The zero-order valence-corrected chi connectivity index (χ0v) is 11.7. The number of carbonyl (C=O) groups is 1. The van der Waals surface area contributed by atoms with E-state index in [4.69, 9.17) is 4.74 Å². The van der Waals surface area contributed by atoms with E-state index in [9.17, 15) is 4.79 Å². The smallest absolute Gasteiger partial charge is 0.230 e. The monoisotopic (exact) mass is 286 g/mol. The van der Waals surface area contributed by atoms with Gasteiger partial charge in [-0.05, 0) is 12.1 Å². The molecule has 2 aromatic rings. The van der Waals surface area contributed by atoms with E-state index in [1.165, 1.54) is 0 Å². The SMILES string of the molecule is O=C(Cc1cnc[nH]1)Nc1ccccc1N1CCOCC1. The fraction of sp³-hybridized carbons (Fsp3) is 0.333. The number of morpholine rings is 1. The zero-order valence-electron chi connectivity index (χ0n) is 11.7. The first-order chi connectivity index (χ1) is 10.3. The molecular formula is C15H18N4O2. The normalized spacial score (nSPS) is 15.0. The summed E-state index contributed by atoms with van der Waals surface area (Å²) in [5, 5.41) is 2.98. The Bertz CT molecular complexity index is 591.